The molecule has 2 amide bonds. The highest BCUT2D eigenvalue weighted by Crippen LogP contribution is 2.18. The molecule has 0 atom stereocenters. The normalized spacial score (nSPS) is 11.0. The van der Waals surface area contributed by atoms with E-state index in [0.29, 0.717) is 29.5 Å². The fourth-order valence-electron chi connectivity index (χ4n) is 3.29. The summed E-state index contributed by atoms with van der Waals surface area (Å²) in [6, 6.07) is 9.66. The van der Waals surface area contributed by atoms with Crippen molar-refractivity contribution in [2.75, 3.05) is 10.6 Å². The zero-order valence-corrected chi connectivity index (χ0v) is 19.0. The fourth-order valence-corrected chi connectivity index (χ4v) is 4.72. The monoisotopic (exact) mass is 477 g/mol. The average Bonchev–Trinajstić information content (AvgIpc) is 3.57. The van der Waals surface area contributed by atoms with Crippen LogP contribution < -0.4 is 10.6 Å². The molecule has 11 heteroatoms. The molecule has 33 heavy (non-hydrogen) atoms. The van der Waals surface area contributed by atoms with Crippen LogP contribution in [0.15, 0.2) is 65.9 Å². The molecule has 0 fully saturated rings. The summed E-state index contributed by atoms with van der Waals surface area (Å²) < 4.78 is 3.68. The van der Waals surface area contributed by atoms with Crippen molar-refractivity contribution in [3.8, 4) is 0 Å². The van der Waals surface area contributed by atoms with Gasteiger partial charge in [0.25, 0.3) is 0 Å². The molecule has 5 aromatic rings. The number of thiophene rings is 1. The molecular weight excluding hydrogens is 458 g/mol. The second kappa shape index (κ2) is 9.35. The first kappa shape index (κ1) is 21.0. The maximum absolute atomic E-state index is 12.4. The van der Waals surface area contributed by atoms with Gasteiger partial charge in [0.2, 0.25) is 11.8 Å². The maximum Gasteiger partial charge on any atom is 0.231 e. The van der Waals surface area contributed by atoms with Gasteiger partial charge in [-0.05, 0) is 23.6 Å². The number of carbonyl (C=O) groups is 2. The molecule has 0 aliphatic rings. The number of hydrogen-bond acceptors (Lipinski definition) is 7. The van der Waals surface area contributed by atoms with Crippen LogP contribution in [0.1, 0.15) is 16.3 Å². The second-order valence-corrected chi connectivity index (χ2v) is 9.19. The minimum Gasteiger partial charge on any atom is -0.323 e. The van der Waals surface area contributed by atoms with Gasteiger partial charge in [0.15, 0.2) is 5.13 Å². The van der Waals surface area contributed by atoms with E-state index in [9.17, 15) is 9.59 Å². The lowest BCUT2D eigenvalue weighted by Gasteiger charge is -2.01. The molecule has 0 saturated heterocycles. The minimum absolute atomic E-state index is 0.106. The Balaban J connectivity index is 1.13. The van der Waals surface area contributed by atoms with E-state index < -0.39 is 0 Å². The third-order valence-electron chi connectivity index (χ3n) is 4.71. The van der Waals surface area contributed by atoms with E-state index in [2.05, 4.69) is 25.7 Å². The zero-order valence-electron chi connectivity index (χ0n) is 17.3. The Morgan fingerprint density at radius 2 is 1.85 bits per heavy atom. The van der Waals surface area contributed by atoms with Gasteiger partial charge in [-0.25, -0.2) is 9.97 Å². The van der Waals surface area contributed by atoms with Crippen molar-refractivity contribution < 1.29 is 9.59 Å². The van der Waals surface area contributed by atoms with Crippen LogP contribution in [0.4, 0.5) is 10.8 Å². The van der Waals surface area contributed by atoms with E-state index in [0.717, 1.165) is 16.2 Å². The Kier molecular flexibility index (Phi) is 5.96. The van der Waals surface area contributed by atoms with Crippen LogP contribution in [0, 0.1) is 0 Å². The van der Waals surface area contributed by atoms with Crippen LogP contribution in [0.25, 0.3) is 5.65 Å². The van der Waals surface area contributed by atoms with Crippen LogP contribution in [0.2, 0.25) is 0 Å². The number of anilines is 2. The van der Waals surface area contributed by atoms with Gasteiger partial charge in [-0.2, -0.15) is 5.10 Å². The lowest BCUT2D eigenvalue weighted by molar-refractivity contribution is -0.116. The highest BCUT2D eigenvalue weighted by molar-refractivity contribution is 7.14. The number of hydrogen-bond donors (Lipinski definition) is 2. The van der Waals surface area contributed by atoms with E-state index in [4.69, 9.17) is 0 Å². The molecule has 0 unspecified atom stereocenters. The number of rotatable bonds is 8. The first-order valence-corrected chi connectivity index (χ1v) is 11.9. The zero-order chi connectivity index (χ0) is 22.6. The molecule has 5 aromatic heterocycles. The molecule has 9 nitrogen and oxygen atoms in total. The largest absolute Gasteiger partial charge is 0.323 e. The molecule has 0 radical (unpaired) electrons. The second-order valence-electron chi connectivity index (χ2n) is 7.30. The Bertz CT molecular complexity index is 1370. The number of amides is 2. The summed E-state index contributed by atoms with van der Waals surface area (Å²) in [5, 5.41) is 14.1. The SMILES string of the molecule is O=C(Cc1csc(NC(=O)Cc2cccs2)n1)Nc1cnn(Cc2cn3ccccc3n2)c1. The van der Waals surface area contributed by atoms with Gasteiger partial charge in [-0.3, -0.25) is 14.3 Å². The van der Waals surface area contributed by atoms with Crippen molar-refractivity contribution >= 4 is 51.0 Å². The summed E-state index contributed by atoms with van der Waals surface area (Å²) in [4.78, 5) is 34.4. The van der Waals surface area contributed by atoms with Gasteiger partial charge in [0.05, 0.1) is 42.7 Å². The topological polar surface area (TPSA) is 106 Å². The average molecular weight is 478 g/mol. The number of thiazole rings is 1. The molecule has 0 saturated carbocycles. The number of imidazole rings is 1. The Hall–Kier alpha value is -3.83. The lowest BCUT2D eigenvalue weighted by Crippen LogP contribution is -2.15. The Labute approximate surface area is 196 Å². The highest BCUT2D eigenvalue weighted by Gasteiger charge is 2.12. The smallest absolute Gasteiger partial charge is 0.231 e. The van der Waals surface area contributed by atoms with Gasteiger partial charge in [-0.15, -0.1) is 22.7 Å². The third kappa shape index (κ3) is 5.33. The number of aromatic nitrogens is 5. The van der Waals surface area contributed by atoms with E-state index in [1.807, 2.05) is 52.5 Å². The summed E-state index contributed by atoms with van der Waals surface area (Å²) in [5.41, 5.74) is 2.95. The van der Waals surface area contributed by atoms with Gasteiger partial charge in [0.1, 0.15) is 5.65 Å². The first-order chi connectivity index (χ1) is 16.1. The third-order valence-corrected chi connectivity index (χ3v) is 6.39. The van der Waals surface area contributed by atoms with Gasteiger partial charge < -0.3 is 15.0 Å². The summed E-state index contributed by atoms with van der Waals surface area (Å²) in [5.74, 6) is -0.329. The van der Waals surface area contributed by atoms with Crippen LogP contribution in [-0.4, -0.2) is 36.0 Å². The lowest BCUT2D eigenvalue weighted by atomic mass is 10.3. The number of pyridine rings is 1. The maximum atomic E-state index is 12.4. The molecule has 2 N–H and O–H groups in total. The molecule has 166 valence electrons. The van der Waals surface area contributed by atoms with Crippen LogP contribution in [0.3, 0.4) is 0 Å². The van der Waals surface area contributed by atoms with Crippen molar-refractivity contribution in [3.05, 3.63) is 82.1 Å². The summed E-state index contributed by atoms with van der Waals surface area (Å²) >= 11 is 2.84. The predicted octanol–water partition coefficient (Wildman–Crippen LogP) is 3.46. The molecule has 0 aliphatic heterocycles. The van der Waals surface area contributed by atoms with Crippen LogP contribution >= 0.6 is 22.7 Å². The van der Waals surface area contributed by atoms with Crippen molar-refractivity contribution in [3.63, 3.8) is 0 Å². The predicted molar refractivity (Wildman–Crippen MR) is 128 cm³/mol. The van der Waals surface area contributed by atoms with E-state index in [1.165, 1.54) is 22.7 Å². The molecule has 0 aromatic carbocycles. The van der Waals surface area contributed by atoms with Crippen molar-refractivity contribution in [2.24, 2.45) is 0 Å². The van der Waals surface area contributed by atoms with Crippen molar-refractivity contribution in [2.45, 2.75) is 19.4 Å². The van der Waals surface area contributed by atoms with Crippen molar-refractivity contribution in [1.82, 2.24) is 24.1 Å². The van der Waals surface area contributed by atoms with Gasteiger partial charge in [-0.1, -0.05) is 12.1 Å². The van der Waals surface area contributed by atoms with Gasteiger partial charge in [0, 0.05) is 28.8 Å². The summed E-state index contributed by atoms with van der Waals surface area (Å²) in [7, 11) is 0. The van der Waals surface area contributed by atoms with Crippen LogP contribution in [0.5, 0.6) is 0 Å². The van der Waals surface area contributed by atoms with Crippen molar-refractivity contribution in [1.29, 1.82) is 0 Å². The highest BCUT2D eigenvalue weighted by atomic mass is 32.1. The first-order valence-electron chi connectivity index (χ1n) is 10.1. The van der Waals surface area contributed by atoms with E-state index in [-0.39, 0.29) is 18.2 Å². The Morgan fingerprint density at radius 1 is 0.939 bits per heavy atom. The Morgan fingerprint density at radius 3 is 2.70 bits per heavy atom. The molecule has 5 rings (SSSR count). The quantitative estimate of drug-likeness (QED) is 0.356. The van der Waals surface area contributed by atoms with Crippen LogP contribution in [-0.2, 0) is 29.0 Å². The molecule has 0 spiro atoms. The number of nitrogens with one attached hydrogen (secondary N) is 2. The fraction of sp³-hybridized carbons (Fsp3) is 0.136. The van der Waals surface area contributed by atoms with E-state index >= 15 is 0 Å². The summed E-state index contributed by atoms with van der Waals surface area (Å²) in [6.45, 7) is 0.498. The molecule has 5 heterocycles. The van der Waals surface area contributed by atoms with Gasteiger partial charge >= 0.3 is 0 Å². The number of nitrogens with zero attached hydrogens (tertiary/aromatic N) is 5. The molecule has 0 bridgehead atoms. The molecule has 0 aliphatic carbocycles. The van der Waals surface area contributed by atoms with E-state index in [1.54, 1.807) is 22.5 Å². The minimum atomic E-state index is -0.205. The standard InChI is InChI=1S/C22H19N7O2S2/c30-20(8-15-14-33-22(26-15)27-21(31)9-18-4-3-7-32-18)25-16-10-23-29(12-16)13-17-11-28-6-2-1-5-19(28)24-17/h1-7,10-12,14H,8-9,13H2,(H,25,30)(H,26,27,31). The number of carbonyl (C=O) groups excluding carboxylic acids is 2. The molecular formula is C22H19N7O2S2. The summed E-state index contributed by atoms with van der Waals surface area (Å²) in [6.07, 6.45) is 7.68. The number of fused-ring (bicyclic) bond motifs is 1.